The van der Waals surface area contributed by atoms with Crippen LogP contribution in [0.2, 0.25) is 0 Å². The van der Waals surface area contributed by atoms with Gasteiger partial charge in [-0.15, -0.1) is 0 Å². The quantitative estimate of drug-likeness (QED) is 0.270. The van der Waals surface area contributed by atoms with Crippen LogP contribution in [-0.2, 0) is 16.1 Å². The molecule has 150 valence electrons. The number of nitrogens with zero attached hydrogens (tertiary/aromatic N) is 3. The molecule has 0 spiro atoms. The molecule has 0 radical (unpaired) electrons. The van der Waals surface area contributed by atoms with E-state index in [2.05, 4.69) is 4.98 Å². The van der Waals surface area contributed by atoms with Crippen molar-refractivity contribution >= 4 is 28.6 Å². The predicted molar refractivity (Wildman–Crippen MR) is 116 cm³/mol. The molecule has 2 aromatic heterocycles. The molecule has 7 heteroatoms. The molecule has 0 N–H and O–H groups in total. The number of carbonyl (C=O) groups excluding carboxylic acids is 1. The molecule has 4 aromatic rings. The van der Waals surface area contributed by atoms with Crippen molar-refractivity contribution in [3.8, 4) is 0 Å². The van der Waals surface area contributed by atoms with Crippen molar-refractivity contribution in [3.63, 3.8) is 0 Å². The van der Waals surface area contributed by atoms with Gasteiger partial charge in [0.05, 0.1) is 24.6 Å². The molecule has 0 saturated carbocycles. The zero-order chi connectivity index (χ0) is 20.9. The second-order valence-electron chi connectivity index (χ2n) is 6.60. The third-order valence-electron chi connectivity index (χ3n) is 4.63. The van der Waals surface area contributed by atoms with Gasteiger partial charge >= 0.3 is 5.97 Å². The number of methoxy groups -OCH3 is 1. The Kier molecular flexibility index (Phi) is 5.90. The van der Waals surface area contributed by atoms with E-state index in [1.165, 1.54) is 18.9 Å². The van der Waals surface area contributed by atoms with Gasteiger partial charge in [-0.2, -0.15) is 0 Å². The summed E-state index contributed by atoms with van der Waals surface area (Å²) in [5.74, 6) is -0.401. The van der Waals surface area contributed by atoms with Crippen LogP contribution in [0.5, 0.6) is 0 Å². The molecule has 0 bridgehead atoms. The molecular weight excluding hydrogens is 398 g/mol. The van der Waals surface area contributed by atoms with Crippen molar-refractivity contribution in [2.24, 2.45) is 0 Å². The maximum atomic E-state index is 13.3. The largest absolute Gasteiger partial charge is 0.468 e. The van der Waals surface area contributed by atoms with E-state index >= 15 is 0 Å². The van der Waals surface area contributed by atoms with Crippen LogP contribution in [0.4, 0.5) is 0 Å². The lowest BCUT2D eigenvalue weighted by Crippen LogP contribution is -2.25. The van der Waals surface area contributed by atoms with Crippen molar-refractivity contribution in [2.45, 2.75) is 17.0 Å². The number of fused-ring (bicyclic) bond motifs is 1. The second kappa shape index (κ2) is 8.92. The fourth-order valence-electron chi connectivity index (χ4n) is 3.14. The summed E-state index contributed by atoms with van der Waals surface area (Å²) in [7, 11) is 1.36. The van der Waals surface area contributed by atoms with E-state index in [0.29, 0.717) is 22.6 Å². The molecule has 6 nitrogen and oxygen atoms in total. The molecule has 2 heterocycles. The van der Waals surface area contributed by atoms with Gasteiger partial charge < -0.3 is 4.74 Å². The van der Waals surface area contributed by atoms with Gasteiger partial charge in [-0.3, -0.25) is 19.1 Å². The number of rotatable bonds is 6. The Bertz CT molecular complexity index is 1230. The van der Waals surface area contributed by atoms with Crippen LogP contribution in [0.1, 0.15) is 16.4 Å². The minimum Gasteiger partial charge on any atom is -0.468 e. The number of ether oxygens (including phenoxy) is 1. The average molecular weight is 417 g/mol. The number of esters is 1. The van der Waals surface area contributed by atoms with Gasteiger partial charge in [0.25, 0.3) is 5.56 Å². The molecule has 1 atom stereocenters. The van der Waals surface area contributed by atoms with E-state index in [0.717, 1.165) is 11.1 Å². The highest BCUT2D eigenvalue weighted by Gasteiger charge is 2.26. The smallest absolute Gasteiger partial charge is 0.323 e. The number of hydrogen-bond acceptors (Lipinski definition) is 6. The summed E-state index contributed by atoms with van der Waals surface area (Å²) in [6.45, 7) is 0.301. The van der Waals surface area contributed by atoms with Gasteiger partial charge in [0.15, 0.2) is 5.16 Å². The fraction of sp³-hybridized carbons (Fsp3) is 0.130. The Labute approximate surface area is 177 Å². The van der Waals surface area contributed by atoms with Gasteiger partial charge in [0.2, 0.25) is 0 Å². The summed E-state index contributed by atoms with van der Waals surface area (Å²) >= 11 is 1.21. The average Bonchev–Trinajstić information content (AvgIpc) is 2.80. The first-order valence-corrected chi connectivity index (χ1v) is 10.2. The first kappa shape index (κ1) is 19.8. The van der Waals surface area contributed by atoms with Crippen molar-refractivity contribution in [3.05, 3.63) is 101 Å². The zero-order valence-corrected chi connectivity index (χ0v) is 17.1. The third-order valence-corrected chi connectivity index (χ3v) is 5.85. The SMILES string of the molecule is COC(=O)C(Sc1nc2ccccc2c(=O)n1Cc1cccnc1)c1ccccc1. The number of hydrogen-bond donors (Lipinski definition) is 0. The van der Waals surface area contributed by atoms with Crippen molar-refractivity contribution in [1.82, 2.24) is 14.5 Å². The van der Waals surface area contributed by atoms with E-state index in [1.54, 1.807) is 29.1 Å². The fourth-order valence-corrected chi connectivity index (χ4v) is 4.27. The minimum atomic E-state index is -0.649. The molecule has 1 unspecified atom stereocenters. The van der Waals surface area contributed by atoms with Crippen molar-refractivity contribution in [2.75, 3.05) is 7.11 Å². The number of benzene rings is 2. The minimum absolute atomic E-state index is 0.163. The van der Waals surface area contributed by atoms with Crippen LogP contribution in [0, 0.1) is 0 Å². The van der Waals surface area contributed by atoms with Crippen molar-refractivity contribution < 1.29 is 9.53 Å². The molecule has 0 saturated heterocycles. The first-order chi connectivity index (χ1) is 14.7. The van der Waals surface area contributed by atoms with E-state index in [1.807, 2.05) is 54.6 Å². The lowest BCUT2D eigenvalue weighted by atomic mass is 10.1. The summed E-state index contributed by atoms with van der Waals surface area (Å²) in [5.41, 5.74) is 2.07. The molecule has 0 aliphatic rings. The van der Waals surface area contributed by atoms with Gasteiger partial charge in [-0.05, 0) is 29.3 Å². The summed E-state index contributed by atoms with van der Waals surface area (Å²) in [5, 5.41) is 0.325. The van der Waals surface area contributed by atoms with Crippen LogP contribution >= 0.6 is 11.8 Å². The van der Waals surface area contributed by atoms with Gasteiger partial charge in [0.1, 0.15) is 5.25 Å². The Morgan fingerprint density at radius 3 is 2.57 bits per heavy atom. The number of carbonyl (C=O) groups is 1. The van der Waals surface area contributed by atoms with Gasteiger partial charge in [-0.25, -0.2) is 4.98 Å². The van der Waals surface area contributed by atoms with Crippen molar-refractivity contribution in [1.29, 1.82) is 0 Å². The lowest BCUT2D eigenvalue weighted by molar-refractivity contribution is -0.140. The molecule has 0 aliphatic carbocycles. The second-order valence-corrected chi connectivity index (χ2v) is 7.67. The number of aromatic nitrogens is 3. The van der Waals surface area contributed by atoms with Crippen LogP contribution < -0.4 is 5.56 Å². The van der Waals surface area contributed by atoms with Gasteiger partial charge in [0, 0.05) is 12.4 Å². The van der Waals surface area contributed by atoms with Crippen LogP contribution in [0.25, 0.3) is 10.9 Å². The maximum Gasteiger partial charge on any atom is 0.323 e. The van der Waals surface area contributed by atoms with E-state index in [4.69, 9.17) is 9.72 Å². The standard InChI is InChI=1S/C23H19N3O3S/c1-29-22(28)20(17-9-3-2-4-10-17)30-23-25-19-12-6-5-11-18(19)21(27)26(23)15-16-8-7-13-24-14-16/h2-14,20H,15H2,1H3. The monoisotopic (exact) mass is 417 g/mol. The predicted octanol–water partition coefficient (Wildman–Crippen LogP) is 3.85. The summed E-state index contributed by atoms with van der Waals surface area (Å²) in [6, 6.07) is 20.3. The molecule has 30 heavy (non-hydrogen) atoms. The Hall–Kier alpha value is -3.45. The normalized spacial score (nSPS) is 11.9. The highest BCUT2D eigenvalue weighted by Crippen LogP contribution is 2.35. The molecule has 0 aliphatic heterocycles. The Balaban J connectivity index is 1.84. The summed E-state index contributed by atoms with van der Waals surface area (Å²) in [4.78, 5) is 34.7. The summed E-state index contributed by atoms with van der Waals surface area (Å²) < 4.78 is 6.62. The first-order valence-electron chi connectivity index (χ1n) is 9.35. The topological polar surface area (TPSA) is 74.1 Å². The summed E-state index contributed by atoms with van der Waals surface area (Å²) in [6.07, 6.45) is 3.40. The number of para-hydroxylation sites is 1. The lowest BCUT2D eigenvalue weighted by Gasteiger charge is -2.18. The van der Waals surface area contributed by atoms with Gasteiger partial charge in [-0.1, -0.05) is 60.3 Å². The van der Waals surface area contributed by atoms with Crippen LogP contribution in [0.3, 0.4) is 0 Å². The molecule has 4 rings (SSSR count). The van der Waals surface area contributed by atoms with E-state index in [-0.39, 0.29) is 5.56 Å². The zero-order valence-electron chi connectivity index (χ0n) is 16.3. The van der Waals surface area contributed by atoms with E-state index < -0.39 is 11.2 Å². The third kappa shape index (κ3) is 4.11. The highest BCUT2D eigenvalue weighted by molar-refractivity contribution is 8.00. The molecule has 2 aromatic carbocycles. The number of pyridine rings is 1. The van der Waals surface area contributed by atoms with Crippen LogP contribution in [-0.4, -0.2) is 27.6 Å². The maximum absolute atomic E-state index is 13.3. The van der Waals surface area contributed by atoms with Crippen LogP contribution in [0.15, 0.2) is 89.1 Å². The molecule has 0 amide bonds. The molecular formula is C23H19N3O3S. The highest BCUT2D eigenvalue weighted by atomic mass is 32.2. The number of thioether (sulfide) groups is 1. The Morgan fingerprint density at radius 2 is 1.83 bits per heavy atom. The van der Waals surface area contributed by atoms with E-state index in [9.17, 15) is 9.59 Å². The molecule has 0 fully saturated rings. The Morgan fingerprint density at radius 1 is 1.07 bits per heavy atom.